The van der Waals surface area contributed by atoms with Crippen molar-refractivity contribution in [3.8, 4) is 0 Å². The molecule has 7 rings (SSSR count). The van der Waals surface area contributed by atoms with E-state index in [1.807, 2.05) is 36.4 Å². The fourth-order valence-electron chi connectivity index (χ4n) is 7.33. The molecule has 2 fully saturated rings. The first kappa shape index (κ1) is 21.2. The molecule has 1 aliphatic heterocycles. The molecule has 0 aromatic heterocycles. The molecule has 3 nitrogen and oxygen atoms in total. The van der Waals surface area contributed by atoms with E-state index in [1.54, 1.807) is 6.07 Å². The second-order valence-corrected chi connectivity index (χ2v) is 10.7. The highest BCUT2D eigenvalue weighted by atomic mass is 35.5. The highest BCUT2D eigenvalue weighted by Gasteiger charge is 2.70. The van der Waals surface area contributed by atoms with Gasteiger partial charge in [0.05, 0.1) is 5.41 Å². The lowest BCUT2D eigenvalue weighted by molar-refractivity contribution is -0.157. The molecule has 3 aliphatic carbocycles. The Morgan fingerprint density at radius 1 is 1.00 bits per heavy atom. The smallest absolute Gasteiger partial charge is 0.311 e. The summed E-state index contributed by atoms with van der Waals surface area (Å²) in [6.45, 7) is 2.03. The Morgan fingerprint density at radius 2 is 1.76 bits per heavy atom. The molecule has 3 aromatic rings. The van der Waals surface area contributed by atoms with Crippen LogP contribution in [0.5, 0.6) is 0 Å². The van der Waals surface area contributed by atoms with E-state index in [0.717, 1.165) is 31.5 Å². The Hall–Kier alpha value is -2.33. The standard InChI is InChI=1S/C28H25Cl2NO2/c29-19-10-11-23(24(30)14-19)27-13-12-22(20-8-4-5-9-21(20)27)28(26(32)33)17-31(16-25(27)28)15-18-6-2-1-3-7-18/h1-11,14,22,25H,12-13,15-17H2,(H,32,33). The summed E-state index contributed by atoms with van der Waals surface area (Å²) in [5.41, 5.74) is 3.35. The number of benzene rings is 3. The van der Waals surface area contributed by atoms with Gasteiger partial charge in [-0.2, -0.15) is 0 Å². The summed E-state index contributed by atoms with van der Waals surface area (Å²) in [7, 11) is 0. The Kier molecular flexibility index (Phi) is 4.88. The third-order valence-electron chi connectivity index (χ3n) is 8.47. The van der Waals surface area contributed by atoms with E-state index in [-0.39, 0.29) is 11.8 Å². The van der Waals surface area contributed by atoms with Gasteiger partial charge in [-0.3, -0.25) is 9.69 Å². The number of carboxylic acid groups (broad SMARTS) is 1. The lowest BCUT2D eigenvalue weighted by atomic mass is 9.42. The monoisotopic (exact) mass is 477 g/mol. The van der Waals surface area contributed by atoms with Gasteiger partial charge in [0.15, 0.2) is 0 Å². The van der Waals surface area contributed by atoms with Gasteiger partial charge in [-0.1, -0.05) is 83.9 Å². The predicted molar refractivity (Wildman–Crippen MR) is 131 cm³/mol. The molecule has 168 valence electrons. The molecule has 4 unspecified atom stereocenters. The normalized spacial score (nSPS) is 30.1. The van der Waals surface area contributed by atoms with Gasteiger partial charge < -0.3 is 5.11 Å². The number of carboxylic acids is 1. The predicted octanol–water partition coefficient (Wildman–Crippen LogP) is 6.37. The molecule has 5 heteroatoms. The average molecular weight is 478 g/mol. The Morgan fingerprint density at radius 3 is 2.52 bits per heavy atom. The zero-order valence-electron chi connectivity index (χ0n) is 18.2. The van der Waals surface area contributed by atoms with Crippen LogP contribution in [0.1, 0.15) is 41.0 Å². The minimum Gasteiger partial charge on any atom is -0.481 e. The number of likely N-dealkylation sites (tertiary alicyclic amines) is 1. The molecule has 0 radical (unpaired) electrons. The van der Waals surface area contributed by atoms with Crippen LogP contribution in [-0.4, -0.2) is 29.1 Å². The van der Waals surface area contributed by atoms with Crippen LogP contribution in [0.3, 0.4) is 0 Å². The van der Waals surface area contributed by atoms with Crippen molar-refractivity contribution in [1.29, 1.82) is 0 Å². The third-order valence-corrected chi connectivity index (χ3v) is 9.02. The number of halogens is 2. The minimum atomic E-state index is -0.843. The van der Waals surface area contributed by atoms with Crippen molar-refractivity contribution < 1.29 is 9.90 Å². The van der Waals surface area contributed by atoms with Crippen LogP contribution in [0.15, 0.2) is 72.8 Å². The van der Waals surface area contributed by atoms with E-state index in [9.17, 15) is 9.90 Å². The molecular formula is C28H25Cl2NO2. The molecule has 1 N–H and O–H groups in total. The van der Waals surface area contributed by atoms with E-state index < -0.39 is 16.8 Å². The highest BCUT2D eigenvalue weighted by Crippen LogP contribution is 2.69. The summed E-state index contributed by atoms with van der Waals surface area (Å²) in [5.74, 6) is -0.750. The van der Waals surface area contributed by atoms with Crippen molar-refractivity contribution >= 4 is 29.2 Å². The Bertz CT molecular complexity index is 1250. The third kappa shape index (κ3) is 2.89. The molecule has 0 amide bonds. The minimum absolute atomic E-state index is 0.00456. The number of carbonyl (C=O) groups is 1. The van der Waals surface area contributed by atoms with Gasteiger partial charge in [0, 0.05) is 46.9 Å². The largest absolute Gasteiger partial charge is 0.481 e. The molecular weight excluding hydrogens is 453 g/mol. The van der Waals surface area contributed by atoms with Gasteiger partial charge in [-0.05, 0) is 47.2 Å². The zero-order chi connectivity index (χ0) is 22.8. The van der Waals surface area contributed by atoms with Gasteiger partial charge in [0.2, 0.25) is 0 Å². The summed E-state index contributed by atoms with van der Waals surface area (Å²) in [6, 6.07) is 24.5. The molecule has 1 saturated carbocycles. The zero-order valence-corrected chi connectivity index (χ0v) is 19.7. The van der Waals surface area contributed by atoms with Crippen LogP contribution in [-0.2, 0) is 16.8 Å². The first-order valence-corrected chi connectivity index (χ1v) is 12.3. The molecule has 2 bridgehead atoms. The van der Waals surface area contributed by atoms with E-state index in [1.165, 1.54) is 16.7 Å². The van der Waals surface area contributed by atoms with E-state index >= 15 is 0 Å². The molecule has 3 aromatic carbocycles. The van der Waals surface area contributed by atoms with Crippen molar-refractivity contribution in [3.05, 3.63) is 105 Å². The first-order valence-electron chi connectivity index (χ1n) is 11.5. The fraction of sp³-hybridized carbons (Fsp3) is 0.321. The van der Waals surface area contributed by atoms with Gasteiger partial charge in [0.25, 0.3) is 0 Å². The van der Waals surface area contributed by atoms with Gasteiger partial charge >= 0.3 is 5.97 Å². The number of hydrogen-bond acceptors (Lipinski definition) is 2. The molecule has 1 heterocycles. The number of aliphatic carboxylic acids is 1. The maximum absolute atomic E-state index is 13.2. The first-order chi connectivity index (χ1) is 16.0. The number of rotatable bonds is 4. The molecule has 33 heavy (non-hydrogen) atoms. The van der Waals surface area contributed by atoms with Crippen LogP contribution in [0, 0.1) is 11.3 Å². The van der Waals surface area contributed by atoms with E-state index in [0.29, 0.717) is 16.6 Å². The lowest BCUT2D eigenvalue weighted by Gasteiger charge is -2.59. The fourth-order valence-corrected chi connectivity index (χ4v) is 7.90. The molecule has 0 spiro atoms. The van der Waals surface area contributed by atoms with Crippen molar-refractivity contribution in [2.24, 2.45) is 11.3 Å². The van der Waals surface area contributed by atoms with Crippen LogP contribution in [0.25, 0.3) is 0 Å². The second-order valence-electron chi connectivity index (χ2n) is 9.83. The number of hydrogen-bond donors (Lipinski definition) is 1. The Balaban J connectivity index is 1.56. The quantitative estimate of drug-likeness (QED) is 0.474. The summed E-state index contributed by atoms with van der Waals surface area (Å²) < 4.78 is 0. The summed E-state index contributed by atoms with van der Waals surface area (Å²) in [6.07, 6.45) is 1.74. The lowest BCUT2D eigenvalue weighted by Crippen LogP contribution is -2.60. The highest BCUT2D eigenvalue weighted by molar-refractivity contribution is 6.35. The number of nitrogens with zero attached hydrogens (tertiary/aromatic N) is 1. The van der Waals surface area contributed by atoms with Crippen molar-refractivity contribution in [3.63, 3.8) is 0 Å². The van der Waals surface area contributed by atoms with Crippen LogP contribution < -0.4 is 0 Å². The summed E-state index contributed by atoms with van der Waals surface area (Å²) >= 11 is 13.1. The van der Waals surface area contributed by atoms with Crippen molar-refractivity contribution in [1.82, 2.24) is 4.90 Å². The molecule has 1 saturated heterocycles. The van der Waals surface area contributed by atoms with Crippen LogP contribution in [0.2, 0.25) is 10.0 Å². The van der Waals surface area contributed by atoms with Crippen LogP contribution >= 0.6 is 23.2 Å². The summed E-state index contributed by atoms with van der Waals surface area (Å²) in [5, 5.41) is 12.0. The van der Waals surface area contributed by atoms with Crippen LogP contribution in [0.4, 0.5) is 0 Å². The Labute approximate surface area is 203 Å². The average Bonchev–Trinajstić information content (AvgIpc) is 3.22. The van der Waals surface area contributed by atoms with Gasteiger partial charge in [-0.25, -0.2) is 0 Å². The topological polar surface area (TPSA) is 40.5 Å². The number of fused-ring (bicyclic) bond motifs is 1. The second kappa shape index (κ2) is 7.59. The van der Waals surface area contributed by atoms with E-state index in [4.69, 9.17) is 23.2 Å². The van der Waals surface area contributed by atoms with Gasteiger partial charge in [-0.15, -0.1) is 0 Å². The van der Waals surface area contributed by atoms with Crippen molar-refractivity contribution in [2.45, 2.75) is 30.7 Å². The SMILES string of the molecule is O=C(O)C12CN(Cc3ccccc3)CC1C1(c3ccc(Cl)cc3Cl)CCC2c2ccccc21. The molecule has 4 aliphatic rings. The van der Waals surface area contributed by atoms with Gasteiger partial charge in [0.1, 0.15) is 0 Å². The molecule has 4 atom stereocenters. The van der Waals surface area contributed by atoms with Crippen molar-refractivity contribution in [2.75, 3.05) is 13.1 Å². The maximum atomic E-state index is 13.2. The van der Waals surface area contributed by atoms with E-state index in [2.05, 4.69) is 35.2 Å². The maximum Gasteiger partial charge on any atom is 0.311 e. The summed E-state index contributed by atoms with van der Waals surface area (Å²) in [4.78, 5) is 15.5.